The highest BCUT2D eigenvalue weighted by molar-refractivity contribution is 6.17. The number of hydrogen-bond acceptors (Lipinski definition) is 3. The zero-order chi connectivity index (χ0) is 14.1. The highest BCUT2D eigenvalue weighted by atomic mass is 35.5. The van der Waals surface area contributed by atoms with Gasteiger partial charge in [-0.15, -0.1) is 11.6 Å². The Labute approximate surface area is 119 Å². The number of halogens is 1. The molecule has 0 aliphatic carbocycles. The summed E-state index contributed by atoms with van der Waals surface area (Å²) < 4.78 is 10.4. The van der Waals surface area contributed by atoms with Crippen molar-refractivity contribution < 1.29 is 14.3 Å². The van der Waals surface area contributed by atoms with Crippen molar-refractivity contribution in [3.63, 3.8) is 0 Å². The summed E-state index contributed by atoms with van der Waals surface area (Å²) in [4.78, 5) is 12.0. The fourth-order valence-electron chi connectivity index (χ4n) is 1.67. The summed E-state index contributed by atoms with van der Waals surface area (Å²) in [5.74, 6) is 1.11. The lowest BCUT2D eigenvalue weighted by atomic mass is 10.1. The van der Waals surface area contributed by atoms with Gasteiger partial charge < -0.3 is 14.8 Å². The van der Waals surface area contributed by atoms with E-state index in [-0.39, 0.29) is 11.9 Å². The van der Waals surface area contributed by atoms with Crippen molar-refractivity contribution in [2.24, 2.45) is 0 Å². The molecule has 1 N–H and O–H groups in total. The van der Waals surface area contributed by atoms with Crippen LogP contribution in [-0.2, 0) is 4.74 Å². The topological polar surface area (TPSA) is 47.6 Å². The molecule has 1 amide bonds. The lowest BCUT2D eigenvalue weighted by Gasteiger charge is -2.16. The fourth-order valence-corrected chi connectivity index (χ4v) is 1.93. The minimum atomic E-state index is -0.129. The van der Waals surface area contributed by atoms with Crippen LogP contribution in [0.2, 0.25) is 0 Å². The van der Waals surface area contributed by atoms with E-state index in [1.165, 1.54) is 0 Å². The van der Waals surface area contributed by atoms with Crippen molar-refractivity contribution in [1.29, 1.82) is 0 Å². The highest BCUT2D eigenvalue weighted by Gasteiger charge is 2.13. The van der Waals surface area contributed by atoms with Crippen LogP contribution >= 0.6 is 11.6 Å². The van der Waals surface area contributed by atoms with Crippen LogP contribution in [0.15, 0.2) is 24.3 Å². The molecule has 0 radical (unpaired) electrons. The number of ether oxygens (including phenoxy) is 2. The Morgan fingerprint density at radius 3 is 2.58 bits per heavy atom. The Bertz CT molecular complexity index is 375. The van der Waals surface area contributed by atoms with Crippen molar-refractivity contribution in [2.75, 3.05) is 26.2 Å². The number of benzene rings is 1. The molecule has 0 fully saturated rings. The molecule has 0 spiro atoms. The molecule has 1 aromatic rings. The molecule has 1 unspecified atom stereocenters. The van der Waals surface area contributed by atoms with Crippen molar-refractivity contribution in [1.82, 2.24) is 5.32 Å². The van der Waals surface area contributed by atoms with E-state index in [0.717, 1.165) is 5.75 Å². The minimum absolute atomic E-state index is 0.0680. The summed E-state index contributed by atoms with van der Waals surface area (Å²) in [5, 5.41) is 2.90. The van der Waals surface area contributed by atoms with Crippen LogP contribution in [-0.4, -0.2) is 38.2 Å². The van der Waals surface area contributed by atoms with E-state index in [9.17, 15) is 4.79 Å². The van der Waals surface area contributed by atoms with Gasteiger partial charge in [0.1, 0.15) is 5.75 Å². The molecule has 0 aromatic heterocycles. The quantitative estimate of drug-likeness (QED) is 0.747. The van der Waals surface area contributed by atoms with E-state index in [1.54, 1.807) is 31.4 Å². The molecule has 0 aliphatic heterocycles. The normalized spacial score (nSPS) is 11.9. The van der Waals surface area contributed by atoms with Crippen LogP contribution in [0.1, 0.15) is 23.7 Å². The fraction of sp³-hybridized carbons (Fsp3) is 0.500. The van der Waals surface area contributed by atoms with Crippen LogP contribution in [0.3, 0.4) is 0 Å². The van der Waals surface area contributed by atoms with E-state index in [4.69, 9.17) is 21.1 Å². The van der Waals surface area contributed by atoms with Gasteiger partial charge in [0, 0.05) is 18.6 Å². The largest absolute Gasteiger partial charge is 0.494 e. The van der Waals surface area contributed by atoms with Gasteiger partial charge in [0.2, 0.25) is 0 Å². The first-order chi connectivity index (χ1) is 9.21. The van der Waals surface area contributed by atoms with E-state index in [1.807, 2.05) is 6.92 Å². The van der Waals surface area contributed by atoms with Gasteiger partial charge in [-0.1, -0.05) is 0 Å². The molecule has 0 saturated heterocycles. The summed E-state index contributed by atoms with van der Waals surface area (Å²) in [6.07, 6.45) is 0.679. The molecule has 1 rings (SSSR count). The van der Waals surface area contributed by atoms with Gasteiger partial charge in [-0.3, -0.25) is 4.79 Å². The minimum Gasteiger partial charge on any atom is -0.494 e. The summed E-state index contributed by atoms with van der Waals surface area (Å²) in [7, 11) is 1.60. The lowest BCUT2D eigenvalue weighted by Crippen LogP contribution is -2.38. The SMILES string of the molecule is CCOc1ccc(C(=O)NC(CCCl)COC)cc1. The average Bonchev–Trinajstić information content (AvgIpc) is 2.40. The number of amides is 1. The maximum Gasteiger partial charge on any atom is 0.251 e. The molecule has 0 aliphatic rings. The highest BCUT2D eigenvalue weighted by Crippen LogP contribution is 2.12. The van der Waals surface area contributed by atoms with Crippen molar-refractivity contribution in [3.8, 4) is 5.75 Å². The molecular formula is C14H20ClNO3. The Balaban J connectivity index is 2.60. The Morgan fingerprint density at radius 2 is 2.05 bits per heavy atom. The van der Waals surface area contributed by atoms with Crippen LogP contribution < -0.4 is 10.1 Å². The van der Waals surface area contributed by atoms with E-state index in [2.05, 4.69) is 5.32 Å². The Kier molecular flexibility index (Phi) is 7.30. The number of carbonyl (C=O) groups is 1. The predicted molar refractivity (Wildman–Crippen MR) is 76.1 cm³/mol. The monoisotopic (exact) mass is 285 g/mol. The van der Waals surface area contributed by atoms with Crippen LogP contribution in [0.5, 0.6) is 5.75 Å². The predicted octanol–water partition coefficient (Wildman–Crippen LogP) is 2.46. The molecule has 106 valence electrons. The van der Waals surface area contributed by atoms with Crippen LogP contribution in [0, 0.1) is 0 Å². The smallest absolute Gasteiger partial charge is 0.251 e. The molecule has 0 heterocycles. The van der Waals surface area contributed by atoms with Gasteiger partial charge in [-0.05, 0) is 37.6 Å². The zero-order valence-corrected chi connectivity index (χ0v) is 12.1. The molecule has 4 nitrogen and oxygen atoms in total. The number of rotatable bonds is 8. The zero-order valence-electron chi connectivity index (χ0n) is 11.3. The second kappa shape index (κ2) is 8.77. The number of nitrogens with one attached hydrogen (secondary N) is 1. The number of hydrogen-bond donors (Lipinski definition) is 1. The molecule has 19 heavy (non-hydrogen) atoms. The number of methoxy groups -OCH3 is 1. The molecule has 1 aromatic carbocycles. The maximum absolute atomic E-state index is 12.0. The first kappa shape index (κ1) is 15.8. The van der Waals surface area contributed by atoms with Gasteiger partial charge >= 0.3 is 0 Å². The third-order valence-corrected chi connectivity index (χ3v) is 2.81. The van der Waals surface area contributed by atoms with Crippen LogP contribution in [0.25, 0.3) is 0 Å². The van der Waals surface area contributed by atoms with Gasteiger partial charge in [-0.2, -0.15) is 0 Å². The molecule has 1 atom stereocenters. The van der Waals surface area contributed by atoms with E-state index >= 15 is 0 Å². The molecular weight excluding hydrogens is 266 g/mol. The average molecular weight is 286 g/mol. The number of carbonyl (C=O) groups excluding carboxylic acids is 1. The third kappa shape index (κ3) is 5.49. The van der Waals surface area contributed by atoms with Crippen molar-refractivity contribution >= 4 is 17.5 Å². The maximum atomic E-state index is 12.0. The summed E-state index contributed by atoms with van der Waals surface area (Å²) in [5.41, 5.74) is 0.596. The van der Waals surface area contributed by atoms with Gasteiger partial charge in [0.05, 0.1) is 19.3 Å². The Hall–Kier alpha value is -1.26. The van der Waals surface area contributed by atoms with Crippen LogP contribution in [0.4, 0.5) is 0 Å². The second-order valence-electron chi connectivity index (χ2n) is 4.06. The number of alkyl halides is 1. The van der Waals surface area contributed by atoms with Crippen molar-refractivity contribution in [3.05, 3.63) is 29.8 Å². The standard InChI is InChI=1S/C14H20ClNO3/c1-3-19-13-6-4-11(5-7-13)14(17)16-12(8-9-15)10-18-2/h4-7,12H,3,8-10H2,1-2H3,(H,16,17). The van der Waals surface area contributed by atoms with E-state index in [0.29, 0.717) is 31.1 Å². The Morgan fingerprint density at radius 1 is 1.37 bits per heavy atom. The summed E-state index contributed by atoms with van der Waals surface area (Å²) >= 11 is 5.69. The van der Waals surface area contributed by atoms with Gasteiger partial charge in [-0.25, -0.2) is 0 Å². The van der Waals surface area contributed by atoms with E-state index < -0.39 is 0 Å². The molecule has 0 bridgehead atoms. The van der Waals surface area contributed by atoms with Gasteiger partial charge in [0.15, 0.2) is 0 Å². The first-order valence-corrected chi connectivity index (χ1v) is 6.83. The van der Waals surface area contributed by atoms with Crippen molar-refractivity contribution in [2.45, 2.75) is 19.4 Å². The summed E-state index contributed by atoms with van der Waals surface area (Å²) in [6, 6.07) is 6.98. The first-order valence-electron chi connectivity index (χ1n) is 6.29. The molecule has 0 saturated carbocycles. The third-order valence-electron chi connectivity index (χ3n) is 2.59. The second-order valence-corrected chi connectivity index (χ2v) is 4.44. The lowest BCUT2D eigenvalue weighted by molar-refractivity contribution is 0.0895. The molecule has 5 heteroatoms. The summed E-state index contributed by atoms with van der Waals surface area (Å²) in [6.45, 7) is 2.98. The van der Waals surface area contributed by atoms with Gasteiger partial charge in [0.25, 0.3) is 5.91 Å².